The smallest absolute Gasteiger partial charge is 0.311 e. The summed E-state index contributed by atoms with van der Waals surface area (Å²) >= 11 is 2.97. The Labute approximate surface area is 825 Å². The first-order valence-electron chi connectivity index (χ1n) is 48.4. The molecule has 0 amide bonds. The second-order valence-corrected chi connectivity index (χ2v) is 41.3. The van der Waals surface area contributed by atoms with E-state index in [1.54, 1.807) is 107 Å². The minimum absolute atomic E-state index is 0.00220. The van der Waals surface area contributed by atoms with Gasteiger partial charge in [0.05, 0.1) is 133 Å². The zero-order valence-corrected chi connectivity index (χ0v) is 85.9. The summed E-state index contributed by atoms with van der Waals surface area (Å²) in [6, 6.07) is -5.23. The predicted molar refractivity (Wildman–Crippen MR) is 493 cm³/mol. The summed E-state index contributed by atoms with van der Waals surface area (Å²) < 4.78 is 88.6. The number of aliphatic hydroxyl groups is 14. The number of ether oxygens (including phenoxy) is 15. The van der Waals surface area contributed by atoms with Crippen LogP contribution in [-0.4, -0.2) is 492 Å². The number of nitrogens with one attached hydrogen (secondary N) is 5. The highest BCUT2D eigenvalue weighted by Crippen LogP contribution is 2.48. The standard InChI is InChI=1S/C39H75N3O12.C18H30N2O9.C17H28N2O9.C14H24N2O7.C3H5BrO2/c1-14-27-39(10,48)32(44)22(4)29(41-16-15-40)20(2)18-37(8,47)34(54-36-30(43)26(42(11)12)17-21(3)50-36)23(5)31(24(6)35(46)52-27)53-28-19-38(9,49-13)33(45)25(7)51-28;1-8-7-9(21)18(26)17(27-8)28-16-14(25)12(20(3)6-4-5-10(22)23)13(24)11(19-2)15(16)29-18;1-7-6-8(20)17(25)16(26-7)27-15-13(24)10(18-2)12(23)11(14(15)28-17)19(3)5-4-9(21)22;1-5-4-6(17)14(20)13(21-5)22-12-10(19)7(15-2)9(18)8(16-3)11(12)23-14;4-2-1-3(5)6/h20-34,36,41,43-45,47-48H,14-19,40H2,1-13H3;8,11-17,19,24-26H,4-7H2,1-3H3,(H,22,23);7,10-16,18,23-25H,4-6H2,1-3H3,(H,21,22);5,7-13,15-16,18-20H,4H2,1-3H3;1-2H2,(H,5,6)/t20-,21?,22+,23+,24-,25?,26?,27-,28?,29+,30?,31+,32-,33?,34-,36?,37-,38?,39-;8-,11+,12-,13-,14+,15-,16-,17+,18+;7-,10-,11+,12+,13+,14-,15-,16+,17+;5-,7-,8+,9+,10+,11-,12-,13+,14+;/m1111./s1. The first-order valence-corrected chi connectivity index (χ1v) is 49.5. The predicted octanol–water partition coefficient (Wildman–Crippen LogP) is -6.02. The number of cyclic esters (lactones) is 1. The zero-order valence-electron chi connectivity index (χ0n) is 84.3. The summed E-state index contributed by atoms with van der Waals surface area (Å²) in [4.78, 5) is 87.8. The third-order valence-corrected chi connectivity index (χ3v) is 30.0. The molecular formula is C91H162BrN9O39. The Morgan fingerprint density at radius 1 is 0.507 bits per heavy atom. The molecule has 0 spiro atoms. The number of methoxy groups -OCH3 is 1. The molecule has 0 bridgehead atoms. The van der Waals surface area contributed by atoms with Crippen LogP contribution >= 0.6 is 15.9 Å². The van der Waals surface area contributed by atoms with Crippen molar-refractivity contribution in [2.45, 2.75) is 415 Å². The van der Waals surface area contributed by atoms with E-state index in [1.807, 2.05) is 46.7 Å². The summed E-state index contributed by atoms with van der Waals surface area (Å²) in [7, 11) is 14.9. The van der Waals surface area contributed by atoms with Crippen molar-refractivity contribution in [2.75, 3.05) is 95.0 Å². The van der Waals surface area contributed by atoms with E-state index in [9.17, 15) is 105 Å². The molecule has 46 atom stereocenters. The summed E-state index contributed by atoms with van der Waals surface area (Å²) in [5.41, 5.74) is 1.38. The number of carboxylic acid groups (broad SMARTS) is 3. The van der Waals surface area contributed by atoms with E-state index in [0.29, 0.717) is 37.8 Å². The zero-order chi connectivity index (χ0) is 105. The number of alkyl halides is 1. The third-order valence-electron chi connectivity index (χ3n) is 29.6. The molecule has 12 rings (SSSR count). The quantitative estimate of drug-likeness (QED) is 0.0299. The van der Waals surface area contributed by atoms with Gasteiger partial charge in [0.2, 0.25) is 18.9 Å². The molecular weight excluding hydrogens is 1920 g/mol. The van der Waals surface area contributed by atoms with Crippen LogP contribution in [0.3, 0.4) is 0 Å². The summed E-state index contributed by atoms with van der Waals surface area (Å²) in [6.45, 7) is 23.7. The molecule has 24 N–H and O–H groups in total. The topological polar surface area (TPSA) is 698 Å². The van der Waals surface area contributed by atoms with Gasteiger partial charge in [-0.3, -0.25) is 43.4 Å². The van der Waals surface area contributed by atoms with Gasteiger partial charge < -0.3 is 195 Å². The number of nitrogens with two attached hydrogens (primary N) is 1. The molecule has 3 saturated carbocycles. The summed E-state index contributed by atoms with van der Waals surface area (Å²) in [5, 5.41) is 196. The number of carbonyl (C=O) groups excluding carboxylic acids is 4. The molecule has 9 saturated heterocycles. The van der Waals surface area contributed by atoms with Crippen molar-refractivity contribution >= 4 is 57.2 Å². The average Bonchev–Trinajstić information content (AvgIpc) is 0.736. The number of ketones is 3. The van der Waals surface area contributed by atoms with Gasteiger partial charge in [-0.05, 0) is 157 Å². The van der Waals surface area contributed by atoms with E-state index >= 15 is 0 Å². The van der Waals surface area contributed by atoms with Crippen LogP contribution in [0.25, 0.3) is 0 Å². The number of likely N-dealkylation sites (N-methyl/N-ethyl adjacent to an activating group) is 7. The fourth-order valence-corrected chi connectivity index (χ4v) is 22.1. The van der Waals surface area contributed by atoms with Gasteiger partial charge in [-0.1, -0.05) is 43.6 Å². The van der Waals surface area contributed by atoms with E-state index in [1.165, 1.54) is 14.0 Å². The SMILES string of the molecule is CC[C@H]1OC(=O)[C@H](C)[C@@H](OC2CC(C)(OC)C(O)C(C)O2)[C@H](C)[C@@H](OC2OC(C)CC(N(C)C)C2O)[C@](C)(O)C[C@@H](C)[C@H](NCCN)[C@H](C)[C@@H](O)[C@]1(C)O.CN[C@@H]1[C@H](O)[C@H](NC)[C@H]2O[C@@]3(O)C(=O)C[C@@H](C)O[C@H]3O[C@@H]2[C@H]1O.CN[C@H]1[C@@H](O)[C@@H](N(C)CCCC(=O)O)[C@H](O)[C@H]2O[C@@H]3O[C@H](C)CC(=O)[C@]3(O)O[C@H]12.CN[C@H]1[C@H](O)[C@H]2O[C@@H]3O[C@H](C)CC(=O)[C@]3(O)O[C@@H]2[C@@H](N(C)CCC(=O)O)[C@H]1O.O=C(O)CCBr. The number of aliphatic hydroxyl groups excluding tert-OH is 9. The maximum Gasteiger partial charge on any atom is 0.311 e. The minimum atomic E-state index is -2.36. The van der Waals surface area contributed by atoms with Gasteiger partial charge in [0.1, 0.15) is 78.8 Å². The molecule has 48 nitrogen and oxygen atoms in total. The Balaban J connectivity index is 0.000000237. The van der Waals surface area contributed by atoms with Crippen molar-refractivity contribution in [2.24, 2.45) is 29.4 Å². The van der Waals surface area contributed by atoms with Gasteiger partial charge in [-0.2, -0.15) is 0 Å². The molecule has 0 radical (unpaired) electrons. The van der Waals surface area contributed by atoms with Gasteiger partial charge in [-0.25, -0.2) is 0 Å². The van der Waals surface area contributed by atoms with E-state index in [2.05, 4.69) is 42.5 Å². The maximum atomic E-state index is 14.3. The van der Waals surface area contributed by atoms with Crippen molar-refractivity contribution in [3.05, 3.63) is 0 Å². The highest BCUT2D eigenvalue weighted by Gasteiger charge is 2.69. The Morgan fingerprint density at radius 2 is 0.957 bits per heavy atom. The van der Waals surface area contributed by atoms with Gasteiger partial charge in [-0.15, -0.1) is 0 Å². The lowest BCUT2D eigenvalue weighted by molar-refractivity contribution is -0.423. The van der Waals surface area contributed by atoms with E-state index < -0.39 is 301 Å². The molecule has 12 aliphatic rings. The van der Waals surface area contributed by atoms with Crippen LogP contribution in [0.4, 0.5) is 0 Å². The van der Waals surface area contributed by atoms with Crippen LogP contribution in [0, 0.1) is 23.7 Å². The van der Waals surface area contributed by atoms with Crippen molar-refractivity contribution in [1.29, 1.82) is 0 Å². The Kier molecular flexibility index (Phi) is 44.1. The molecule has 9 aliphatic heterocycles. The van der Waals surface area contributed by atoms with E-state index in [-0.39, 0.29) is 82.4 Å². The minimum Gasteiger partial charge on any atom is -0.481 e. The Morgan fingerprint density at radius 3 is 1.40 bits per heavy atom. The molecule has 812 valence electrons. The van der Waals surface area contributed by atoms with Crippen molar-refractivity contribution in [3.63, 3.8) is 0 Å². The largest absolute Gasteiger partial charge is 0.481 e. The number of halogens is 1. The first kappa shape index (κ1) is 121. The van der Waals surface area contributed by atoms with E-state index in [0.717, 1.165) is 0 Å². The van der Waals surface area contributed by atoms with E-state index in [4.69, 9.17) is 92.1 Å². The van der Waals surface area contributed by atoms with Crippen LogP contribution in [0.5, 0.6) is 0 Å². The maximum absolute atomic E-state index is 14.3. The molecule has 49 heteroatoms. The van der Waals surface area contributed by atoms with Gasteiger partial charge in [0.25, 0.3) is 17.4 Å². The second-order valence-electron chi connectivity index (χ2n) is 40.5. The summed E-state index contributed by atoms with van der Waals surface area (Å²) in [6.07, 6.45) is -26.6. The number of carbonyl (C=O) groups is 7. The van der Waals surface area contributed by atoms with Crippen LogP contribution in [0.15, 0.2) is 0 Å². The normalized spacial score (nSPS) is 46.6. The first-order chi connectivity index (χ1) is 65.3. The van der Waals surface area contributed by atoms with Crippen LogP contribution in [0.1, 0.15) is 161 Å². The number of carboxylic acids is 3. The van der Waals surface area contributed by atoms with Crippen LogP contribution in [0.2, 0.25) is 0 Å². The number of aliphatic carboxylic acids is 3. The molecule has 9 heterocycles. The number of hydrogen-bond donors (Lipinski definition) is 23. The highest BCUT2D eigenvalue weighted by molar-refractivity contribution is 9.09. The van der Waals surface area contributed by atoms with Crippen LogP contribution in [-0.2, 0) is 105 Å². The van der Waals surface area contributed by atoms with Crippen molar-refractivity contribution in [1.82, 2.24) is 41.3 Å². The lowest BCUT2D eigenvalue weighted by Crippen LogP contribution is -2.78. The fraction of sp³-hybridized carbons (Fsp3) is 0.923. The second kappa shape index (κ2) is 50.9. The van der Waals surface area contributed by atoms with Crippen molar-refractivity contribution in [3.8, 4) is 0 Å². The molecule has 0 aromatic rings. The average molecular weight is 2090 g/mol. The number of Topliss-reactive ketones (excluding diaryl/α,β-unsaturated/α-hetero) is 3. The number of hydrogen-bond acceptors (Lipinski definition) is 45. The molecule has 3 aliphatic carbocycles. The molecule has 8 unspecified atom stereocenters. The monoisotopic (exact) mass is 2080 g/mol. The number of nitrogens with zero attached hydrogens (tertiary/aromatic N) is 3. The number of rotatable bonds is 25. The Hall–Kier alpha value is -4.11. The van der Waals surface area contributed by atoms with Gasteiger partial charge >= 0.3 is 23.9 Å². The van der Waals surface area contributed by atoms with Crippen molar-refractivity contribution < 1.29 is 191 Å². The van der Waals surface area contributed by atoms with Crippen LogP contribution < -0.4 is 32.3 Å². The molecule has 12 fully saturated rings. The lowest BCUT2D eigenvalue weighted by Gasteiger charge is -2.56. The molecule has 0 aromatic carbocycles. The Bertz CT molecular complexity index is 3980. The number of esters is 1. The fourth-order valence-electron chi connectivity index (χ4n) is 21.7. The van der Waals surface area contributed by atoms with Gasteiger partial charge in [0.15, 0.2) is 29.9 Å². The third kappa shape index (κ3) is 27.0. The van der Waals surface area contributed by atoms with Gasteiger partial charge in [0, 0.05) is 88.1 Å². The highest BCUT2D eigenvalue weighted by atomic mass is 79.9. The molecule has 140 heavy (non-hydrogen) atoms. The lowest BCUT2D eigenvalue weighted by atomic mass is 9.72. The molecule has 0 aromatic heterocycles. The summed E-state index contributed by atoms with van der Waals surface area (Å²) in [5.74, 6) is -14.7. The number of fused-ring (bicyclic) bond motifs is 6.